The summed E-state index contributed by atoms with van der Waals surface area (Å²) in [5.41, 5.74) is 0.408. The molecule has 1 aromatic carbocycles. The van der Waals surface area contributed by atoms with Crippen LogP contribution in [0.2, 0.25) is 0 Å². The van der Waals surface area contributed by atoms with E-state index in [-0.39, 0.29) is 17.1 Å². The third kappa shape index (κ3) is 4.04. The lowest BCUT2D eigenvalue weighted by atomic mass is 10.2. The number of benzene rings is 1. The number of ether oxygens (including phenoxy) is 2. The van der Waals surface area contributed by atoms with Crippen LogP contribution in [-0.4, -0.2) is 58.8 Å². The van der Waals surface area contributed by atoms with Crippen LogP contribution < -0.4 is 5.32 Å². The molecule has 1 heterocycles. The van der Waals surface area contributed by atoms with Gasteiger partial charge in [-0.15, -0.1) is 0 Å². The Hall–Kier alpha value is -1.48. The predicted molar refractivity (Wildman–Crippen MR) is 80.0 cm³/mol. The van der Waals surface area contributed by atoms with Crippen LogP contribution >= 0.6 is 0 Å². The highest BCUT2D eigenvalue weighted by atomic mass is 32.2. The number of nitrogens with zero attached hydrogens (tertiary/aromatic N) is 1. The van der Waals surface area contributed by atoms with Gasteiger partial charge in [0, 0.05) is 32.6 Å². The first-order valence-corrected chi connectivity index (χ1v) is 8.39. The molecule has 7 nitrogen and oxygen atoms in total. The molecular weight excluding hydrogens is 308 g/mol. The zero-order valence-electron chi connectivity index (χ0n) is 12.6. The minimum absolute atomic E-state index is 0.154. The van der Waals surface area contributed by atoms with E-state index in [1.807, 2.05) is 0 Å². The fourth-order valence-corrected chi connectivity index (χ4v) is 2.87. The number of carbonyl (C=O) groups excluding carboxylic acids is 1. The summed E-state index contributed by atoms with van der Waals surface area (Å²) in [6, 6.07) is 5.84. The molecule has 1 aliphatic rings. The van der Waals surface area contributed by atoms with Crippen molar-refractivity contribution in [1.82, 2.24) is 9.62 Å². The highest BCUT2D eigenvalue weighted by molar-refractivity contribution is 7.89. The van der Waals surface area contributed by atoms with Crippen LogP contribution in [0.4, 0.5) is 0 Å². The van der Waals surface area contributed by atoms with Gasteiger partial charge >= 0.3 is 0 Å². The van der Waals surface area contributed by atoms with Gasteiger partial charge in [0.25, 0.3) is 5.91 Å². The molecule has 122 valence electrons. The van der Waals surface area contributed by atoms with Crippen LogP contribution in [0.1, 0.15) is 16.8 Å². The van der Waals surface area contributed by atoms with Crippen LogP contribution in [0.25, 0.3) is 0 Å². The van der Waals surface area contributed by atoms with E-state index in [2.05, 4.69) is 5.32 Å². The van der Waals surface area contributed by atoms with Crippen molar-refractivity contribution in [2.45, 2.75) is 17.6 Å². The minimum atomic E-state index is -3.48. The number of amides is 1. The molecule has 22 heavy (non-hydrogen) atoms. The number of nitrogens with one attached hydrogen (secondary N) is 1. The van der Waals surface area contributed by atoms with Crippen molar-refractivity contribution < 1.29 is 22.7 Å². The molecule has 1 amide bonds. The quantitative estimate of drug-likeness (QED) is 0.818. The third-order valence-corrected chi connectivity index (χ3v) is 5.08. The number of rotatable bonds is 6. The van der Waals surface area contributed by atoms with E-state index in [1.165, 1.54) is 38.4 Å². The van der Waals surface area contributed by atoms with Crippen molar-refractivity contribution in [1.29, 1.82) is 0 Å². The van der Waals surface area contributed by atoms with Crippen molar-refractivity contribution in [2.24, 2.45) is 0 Å². The van der Waals surface area contributed by atoms with Crippen LogP contribution in [-0.2, 0) is 19.5 Å². The highest BCUT2D eigenvalue weighted by Gasteiger charge is 2.18. The summed E-state index contributed by atoms with van der Waals surface area (Å²) in [6.07, 6.45) is 0.326. The molecule has 1 N–H and O–H groups in total. The Morgan fingerprint density at radius 3 is 2.36 bits per heavy atom. The van der Waals surface area contributed by atoms with E-state index >= 15 is 0 Å². The Morgan fingerprint density at radius 1 is 1.23 bits per heavy atom. The van der Waals surface area contributed by atoms with Crippen LogP contribution in [0.15, 0.2) is 29.2 Å². The Bertz CT molecular complexity index is 607. The summed E-state index contributed by atoms with van der Waals surface area (Å²) in [4.78, 5) is 12.1. The van der Waals surface area contributed by atoms with Gasteiger partial charge in [0.05, 0.1) is 18.1 Å². The van der Waals surface area contributed by atoms with Crippen LogP contribution in [0, 0.1) is 0 Å². The molecular formula is C14H20N2O5S. The first-order valence-electron chi connectivity index (χ1n) is 6.95. The van der Waals surface area contributed by atoms with Crippen molar-refractivity contribution in [3.8, 4) is 0 Å². The largest absolute Gasteiger partial charge is 0.352 e. The molecule has 2 rings (SSSR count). The van der Waals surface area contributed by atoms with E-state index in [9.17, 15) is 13.2 Å². The second-order valence-corrected chi connectivity index (χ2v) is 7.18. The normalized spacial score (nSPS) is 16.1. The van der Waals surface area contributed by atoms with E-state index < -0.39 is 10.0 Å². The maximum atomic E-state index is 12.0. The molecule has 0 spiro atoms. The van der Waals surface area contributed by atoms with Gasteiger partial charge < -0.3 is 14.8 Å². The Balaban J connectivity index is 1.90. The van der Waals surface area contributed by atoms with Gasteiger partial charge in [0.1, 0.15) is 0 Å². The van der Waals surface area contributed by atoms with Gasteiger partial charge in [0.2, 0.25) is 10.0 Å². The molecule has 0 radical (unpaired) electrons. The van der Waals surface area contributed by atoms with Crippen LogP contribution in [0.3, 0.4) is 0 Å². The number of sulfonamides is 1. The summed E-state index contributed by atoms with van der Waals surface area (Å²) in [6.45, 7) is 1.60. The first kappa shape index (κ1) is 16.9. The first-order chi connectivity index (χ1) is 10.4. The molecule has 0 atom stereocenters. The third-order valence-electron chi connectivity index (χ3n) is 3.25. The molecule has 8 heteroatoms. The maximum Gasteiger partial charge on any atom is 0.251 e. The zero-order valence-corrected chi connectivity index (χ0v) is 13.4. The molecule has 1 saturated heterocycles. The van der Waals surface area contributed by atoms with Gasteiger partial charge in [-0.2, -0.15) is 0 Å². The average Bonchev–Trinajstić information content (AvgIpc) is 3.00. The summed E-state index contributed by atoms with van der Waals surface area (Å²) in [5.74, 6) is -0.258. The lowest BCUT2D eigenvalue weighted by Crippen LogP contribution is -2.27. The molecule has 0 bridgehead atoms. The fourth-order valence-electron chi connectivity index (χ4n) is 1.97. The second-order valence-electron chi connectivity index (χ2n) is 5.03. The molecule has 1 aliphatic heterocycles. The lowest BCUT2D eigenvalue weighted by molar-refractivity contribution is -0.0455. The van der Waals surface area contributed by atoms with Gasteiger partial charge in [-0.3, -0.25) is 4.79 Å². The Labute approximate surface area is 130 Å². The van der Waals surface area contributed by atoms with E-state index in [4.69, 9.17) is 9.47 Å². The molecule has 1 aromatic rings. The highest BCUT2D eigenvalue weighted by Crippen LogP contribution is 2.14. The van der Waals surface area contributed by atoms with Gasteiger partial charge in [-0.05, 0) is 24.3 Å². The SMILES string of the molecule is CN(C)S(=O)(=O)c1ccc(C(=O)NCCC2OCCO2)cc1. The molecule has 0 aromatic heterocycles. The monoisotopic (exact) mass is 328 g/mol. The van der Waals surface area contributed by atoms with Crippen LogP contribution in [0.5, 0.6) is 0 Å². The summed E-state index contributed by atoms with van der Waals surface area (Å²) in [7, 11) is -0.556. The van der Waals surface area contributed by atoms with Crippen molar-refractivity contribution in [3.05, 3.63) is 29.8 Å². The summed E-state index contributed by atoms with van der Waals surface area (Å²) < 4.78 is 35.5. The summed E-state index contributed by atoms with van der Waals surface area (Å²) >= 11 is 0. The molecule has 0 saturated carbocycles. The Kier molecular flexibility index (Phi) is 5.52. The van der Waals surface area contributed by atoms with Gasteiger partial charge in [-0.1, -0.05) is 0 Å². The molecule has 0 unspecified atom stereocenters. The maximum absolute atomic E-state index is 12.0. The number of hydrogen-bond acceptors (Lipinski definition) is 5. The van der Waals surface area contributed by atoms with Crippen molar-refractivity contribution in [2.75, 3.05) is 33.9 Å². The van der Waals surface area contributed by atoms with Crippen molar-refractivity contribution in [3.63, 3.8) is 0 Å². The number of carbonyl (C=O) groups is 1. The Morgan fingerprint density at radius 2 is 1.82 bits per heavy atom. The second kappa shape index (κ2) is 7.19. The predicted octanol–water partition coefficient (Wildman–Crippen LogP) is 0.430. The van der Waals surface area contributed by atoms with Crippen molar-refractivity contribution >= 4 is 15.9 Å². The van der Waals surface area contributed by atoms with E-state index in [0.717, 1.165) is 4.31 Å². The smallest absolute Gasteiger partial charge is 0.251 e. The summed E-state index contributed by atoms with van der Waals surface area (Å²) in [5, 5.41) is 2.75. The molecule has 1 fully saturated rings. The average molecular weight is 328 g/mol. The standard InChI is InChI=1S/C14H20N2O5S/c1-16(2)22(18,19)12-5-3-11(4-6-12)14(17)15-8-7-13-20-9-10-21-13/h3-6,13H,7-10H2,1-2H3,(H,15,17). The minimum Gasteiger partial charge on any atom is -0.352 e. The van der Waals surface area contributed by atoms with E-state index in [0.29, 0.717) is 31.7 Å². The molecule has 0 aliphatic carbocycles. The van der Waals surface area contributed by atoms with Gasteiger partial charge in [0.15, 0.2) is 6.29 Å². The topological polar surface area (TPSA) is 84.9 Å². The lowest BCUT2D eigenvalue weighted by Gasteiger charge is -2.12. The fraction of sp³-hybridized carbons (Fsp3) is 0.500. The number of hydrogen-bond donors (Lipinski definition) is 1. The van der Waals surface area contributed by atoms with E-state index in [1.54, 1.807) is 0 Å². The zero-order chi connectivity index (χ0) is 16.2. The van der Waals surface area contributed by atoms with Gasteiger partial charge in [-0.25, -0.2) is 12.7 Å².